The van der Waals surface area contributed by atoms with Gasteiger partial charge in [0.15, 0.2) is 0 Å². The zero-order valence-electron chi connectivity index (χ0n) is 11.5. The van der Waals surface area contributed by atoms with Gasteiger partial charge in [-0.3, -0.25) is 0 Å². The van der Waals surface area contributed by atoms with Crippen LogP contribution in [0.15, 0.2) is 17.2 Å². The quantitative estimate of drug-likeness (QED) is 0.863. The average Bonchev–Trinajstić information content (AvgIpc) is 2.71. The Labute approximate surface area is 114 Å². The monoisotopic (exact) mass is 286 g/mol. The first-order chi connectivity index (χ1) is 9.00. The Balaban J connectivity index is 2.29. The summed E-state index contributed by atoms with van der Waals surface area (Å²) in [6.45, 7) is 2.61. The van der Waals surface area contributed by atoms with Crippen LogP contribution in [-0.2, 0) is 23.2 Å². The molecule has 0 aliphatic heterocycles. The smallest absolute Gasteiger partial charge is 0.244 e. The Bertz CT molecular complexity index is 532. The maximum atomic E-state index is 12.5. The Hall–Kier alpha value is -0.850. The van der Waals surface area contributed by atoms with Crippen LogP contribution >= 0.6 is 0 Å². The first-order valence-corrected chi connectivity index (χ1v) is 8.22. The highest BCUT2D eigenvalue weighted by Crippen LogP contribution is 2.29. The lowest BCUT2D eigenvalue weighted by Gasteiger charge is -2.33. The first kappa shape index (κ1) is 14.6. The summed E-state index contributed by atoms with van der Waals surface area (Å²) in [6, 6.07) is 1.72. The molecule has 1 aliphatic rings. The number of sulfonamides is 1. The van der Waals surface area contributed by atoms with E-state index in [0.29, 0.717) is 10.6 Å². The normalized spacial score (nSPS) is 16.8. The molecule has 1 N–H and O–H groups in total. The van der Waals surface area contributed by atoms with E-state index in [0.717, 1.165) is 32.2 Å². The SMILES string of the molecule is CCCn1cc(S(=O)(=O)N(C)C2CCC2)cc1CO. The van der Waals surface area contributed by atoms with Crippen LogP contribution in [-0.4, -0.2) is 35.5 Å². The van der Waals surface area contributed by atoms with Crippen molar-refractivity contribution in [2.75, 3.05) is 7.05 Å². The molecule has 0 amide bonds. The molecular formula is C13H22N2O3S. The van der Waals surface area contributed by atoms with Crippen molar-refractivity contribution in [1.82, 2.24) is 8.87 Å². The topological polar surface area (TPSA) is 62.5 Å². The van der Waals surface area contributed by atoms with Gasteiger partial charge in [0, 0.05) is 31.5 Å². The highest BCUT2D eigenvalue weighted by molar-refractivity contribution is 7.89. The number of aliphatic hydroxyl groups excluding tert-OH is 1. The van der Waals surface area contributed by atoms with Crippen molar-refractivity contribution in [2.24, 2.45) is 0 Å². The Morgan fingerprint density at radius 3 is 2.63 bits per heavy atom. The van der Waals surface area contributed by atoms with Gasteiger partial charge in [-0.25, -0.2) is 8.42 Å². The summed E-state index contributed by atoms with van der Waals surface area (Å²) in [5.41, 5.74) is 0.655. The lowest BCUT2D eigenvalue weighted by molar-refractivity contribution is 0.249. The molecule has 5 nitrogen and oxygen atoms in total. The molecule has 6 heteroatoms. The molecule has 1 aromatic rings. The molecule has 108 valence electrons. The Morgan fingerprint density at radius 1 is 1.47 bits per heavy atom. The molecule has 1 fully saturated rings. The van der Waals surface area contributed by atoms with E-state index in [-0.39, 0.29) is 12.6 Å². The zero-order chi connectivity index (χ0) is 14.0. The van der Waals surface area contributed by atoms with Crippen molar-refractivity contribution in [2.45, 2.75) is 56.7 Å². The van der Waals surface area contributed by atoms with Crippen molar-refractivity contribution < 1.29 is 13.5 Å². The number of aryl methyl sites for hydroxylation is 1. The molecule has 0 aromatic carbocycles. The molecule has 0 unspecified atom stereocenters. The third-order valence-corrected chi connectivity index (χ3v) is 5.73. The van der Waals surface area contributed by atoms with Crippen molar-refractivity contribution in [3.05, 3.63) is 18.0 Å². The van der Waals surface area contributed by atoms with Crippen LogP contribution in [0.2, 0.25) is 0 Å². The number of rotatable bonds is 6. The fourth-order valence-electron chi connectivity index (χ4n) is 2.36. The summed E-state index contributed by atoms with van der Waals surface area (Å²) in [4.78, 5) is 0.291. The lowest BCUT2D eigenvalue weighted by atomic mass is 9.94. The molecule has 1 heterocycles. The molecule has 0 atom stereocenters. The maximum absolute atomic E-state index is 12.5. The highest BCUT2D eigenvalue weighted by atomic mass is 32.2. The molecule has 0 radical (unpaired) electrons. The van der Waals surface area contributed by atoms with E-state index in [2.05, 4.69) is 0 Å². The maximum Gasteiger partial charge on any atom is 0.244 e. The molecule has 0 spiro atoms. The summed E-state index contributed by atoms with van der Waals surface area (Å²) < 4.78 is 28.3. The molecule has 1 aromatic heterocycles. The summed E-state index contributed by atoms with van der Waals surface area (Å²) in [7, 11) is -1.78. The van der Waals surface area contributed by atoms with Gasteiger partial charge in [-0.05, 0) is 25.3 Å². The third kappa shape index (κ3) is 2.70. The average molecular weight is 286 g/mol. The fraction of sp³-hybridized carbons (Fsp3) is 0.692. The second-order valence-corrected chi connectivity index (χ2v) is 7.12. The minimum absolute atomic E-state index is 0.136. The minimum atomic E-state index is -3.43. The largest absolute Gasteiger partial charge is 0.390 e. The molecule has 2 rings (SSSR count). The minimum Gasteiger partial charge on any atom is -0.390 e. The van der Waals surface area contributed by atoms with E-state index in [1.165, 1.54) is 4.31 Å². The van der Waals surface area contributed by atoms with Gasteiger partial charge in [-0.15, -0.1) is 0 Å². The van der Waals surface area contributed by atoms with E-state index in [1.54, 1.807) is 19.3 Å². The number of hydrogen-bond acceptors (Lipinski definition) is 3. The van der Waals surface area contributed by atoms with Crippen LogP contribution in [0.4, 0.5) is 0 Å². The Kier molecular flexibility index (Phi) is 4.32. The molecule has 1 saturated carbocycles. The summed E-state index contributed by atoms with van der Waals surface area (Å²) in [6.07, 6.45) is 5.53. The van der Waals surface area contributed by atoms with Gasteiger partial charge < -0.3 is 9.67 Å². The van der Waals surface area contributed by atoms with Crippen molar-refractivity contribution in [3.63, 3.8) is 0 Å². The van der Waals surface area contributed by atoms with Crippen molar-refractivity contribution in [3.8, 4) is 0 Å². The van der Waals surface area contributed by atoms with Gasteiger partial charge in [0.05, 0.1) is 6.61 Å². The van der Waals surface area contributed by atoms with E-state index in [1.807, 2.05) is 11.5 Å². The predicted octanol–water partition coefficient (Wildman–Crippen LogP) is 1.56. The lowest BCUT2D eigenvalue weighted by Crippen LogP contribution is -2.41. The van der Waals surface area contributed by atoms with Crippen molar-refractivity contribution in [1.29, 1.82) is 0 Å². The first-order valence-electron chi connectivity index (χ1n) is 6.78. The van der Waals surface area contributed by atoms with E-state index in [9.17, 15) is 13.5 Å². The second kappa shape index (κ2) is 5.64. The van der Waals surface area contributed by atoms with Crippen molar-refractivity contribution >= 4 is 10.0 Å². The van der Waals surface area contributed by atoms with Crippen LogP contribution in [0.3, 0.4) is 0 Å². The van der Waals surface area contributed by atoms with Gasteiger partial charge in [0.2, 0.25) is 10.0 Å². The Morgan fingerprint density at radius 2 is 2.16 bits per heavy atom. The van der Waals surface area contributed by atoms with Crippen LogP contribution in [0.1, 0.15) is 38.3 Å². The van der Waals surface area contributed by atoms with Crippen LogP contribution < -0.4 is 0 Å². The van der Waals surface area contributed by atoms with Gasteiger partial charge in [0.1, 0.15) is 4.90 Å². The van der Waals surface area contributed by atoms with Gasteiger partial charge >= 0.3 is 0 Å². The fourth-order valence-corrected chi connectivity index (χ4v) is 3.84. The number of hydrogen-bond donors (Lipinski definition) is 1. The van der Waals surface area contributed by atoms with Gasteiger partial charge in [-0.2, -0.15) is 4.31 Å². The molecule has 19 heavy (non-hydrogen) atoms. The molecular weight excluding hydrogens is 264 g/mol. The van der Waals surface area contributed by atoms with Crippen LogP contribution in [0.5, 0.6) is 0 Å². The summed E-state index contributed by atoms with van der Waals surface area (Å²) in [5, 5.41) is 9.30. The second-order valence-electron chi connectivity index (χ2n) is 5.12. The van der Waals surface area contributed by atoms with Gasteiger partial charge in [-0.1, -0.05) is 13.3 Å². The van der Waals surface area contributed by atoms with Crippen LogP contribution in [0.25, 0.3) is 0 Å². The third-order valence-electron chi connectivity index (χ3n) is 3.85. The zero-order valence-corrected chi connectivity index (χ0v) is 12.4. The molecule has 0 saturated heterocycles. The van der Waals surface area contributed by atoms with E-state index < -0.39 is 10.0 Å². The molecule has 1 aliphatic carbocycles. The molecule has 0 bridgehead atoms. The summed E-state index contributed by atoms with van der Waals surface area (Å²) >= 11 is 0. The van der Waals surface area contributed by atoms with E-state index >= 15 is 0 Å². The number of aromatic nitrogens is 1. The number of aliphatic hydroxyl groups is 1. The number of nitrogens with zero attached hydrogens (tertiary/aromatic N) is 2. The van der Waals surface area contributed by atoms with Crippen LogP contribution in [0, 0.1) is 0 Å². The standard InChI is InChI=1S/C13H22N2O3S/c1-3-7-15-9-13(8-12(15)10-16)19(17,18)14(2)11-5-4-6-11/h8-9,11,16H,3-7,10H2,1-2H3. The predicted molar refractivity (Wildman–Crippen MR) is 73.2 cm³/mol. The summed E-state index contributed by atoms with van der Waals surface area (Å²) in [5.74, 6) is 0. The highest BCUT2D eigenvalue weighted by Gasteiger charge is 2.32. The van der Waals surface area contributed by atoms with Gasteiger partial charge in [0.25, 0.3) is 0 Å². The van der Waals surface area contributed by atoms with E-state index in [4.69, 9.17) is 0 Å².